The molecule has 4 N–H and O–H groups in total. The van der Waals surface area contributed by atoms with E-state index in [1.807, 2.05) is 0 Å². The second kappa shape index (κ2) is 16.3. The summed E-state index contributed by atoms with van der Waals surface area (Å²) >= 11 is 0. The highest BCUT2D eigenvalue weighted by atomic mass is 16.6. The minimum absolute atomic E-state index is 0.00140. The molecule has 11 atom stereocenters. The first-order valence-corrected chi connectivity index (χ1v) is 19.9. The van der Waals surface area contributed by atoms with E-state index >= 15 is 4.79 Å². The van der Waals surface area contributed by atoms with Crippen LogP contribution in [0.3, 0.4) is 0 Å². The second-order valence-corrected chi connectivity index (χ2v) is 17.0. The van der Waals surface area contributed by atoms with Crippen molar-refractivity contribution in [2.24, 2.45) is 16.7 Å². The Labute approximate surface area is 348 Å². The van der Waals surface area contributed by atoms with Crippen molar-refractivity contribution in [1.82, 2.24) is 5.32 Å². The van der Waals surface area contributed by atoms with Crippen LogP contribution >= 0.6 is 0 Å². The molecule has 15 heteroatoms. The lowest BCUT2D eigenvalue weighted by molar-refractivity contribution is -0.346. The molecule has 15 nitrogen and oxygen atoms in total. The minimum Gasteiger partial charge on any atom is -0.456 e. The van der Waals surface area contributed by atoms with Crippen molar-refractivity contribution < 1.29 is 67.8 Å². The summed E-state index contributed by atoms with van der Waals surface area (Å²) in [6.45, 7) is 11.2. The van der Waals surface area contributed by atoms with Crippen LogP contribution in [0.1, 0.15) is 90.2 Å². The van der Waals surface area contributed by atoms with E-state index in [1.165, 1.54) is 26.0 Å². The molecule has 2 bridgehead atoms. The van der Waals surface area contributed by atoms with Gasteiger partial charge in [0.1, 0.15) is 23.9 Å². The average Bonchev–Trinajstić information content (AvgIpc) is 3.20. The number of amides is 1. The van der Waals surface area contributed by atoms with Crippen molar-refractivity contribution >= 4 is 35.6 Å². The normalized spacial score (nSPS) is 32.9. The zero-order valence-corrected chi connectivity index (χ0v) is 34.9. The Balaban J connectivity index is 1.56. The molecule has 0 aromatic heterocycles. The number of rotatable bonds is 10. The number of esters is 4. The van der Waals surface area contributed by atoms with Gasteiger partial charge in [0.2, 0.25) is 5.91 Å². The fraction of sp³-hybridized carbons (Fsp3) is 0.511. The van der Waals surface area contributed by atoms with Gasteiger partial charge in [0.05, 0.1) is 35.6 Å². The molecule has 3 fully saturated rings. The maximum atomic E-state index is 15.4. The number of carbonyl (C=O) groups excluding carboxylic acids is 6. The molecule has 2 aromatic carbocycles. The van der Waals surface area contributed by atoms with Crippen LogP contribution in [0.25, 0.3) is 0 Å². The number of aliphatic hydroxyl groups is 3. The van der Waals surface area contributed by atoms with Crippen LogP contribution < -0.4 is 5.32 Å². The molecule has 0 spiro atoms. The van der Waals surface area contributed by atoms with Crippen LogP contribution in [0.4, 0.5) is 0 Å². The fourth-order valence-electron chi connectivity index (χ4n) is 9.75. The Morgan fingerprint density at radius 2 is 1.53 bits per heavy atom. The molecule has 2 saturated carbocycles. The van der Waals surface area contributed by atoms with Gasteiger partial charge in [-0.05, 0) is 56.5 Å². The van der Waals surface area contributed by atoms with Crippen LogP contribution in [0.15, 0.2) is 83.5 Å². The number of allylic oxidation sites excluding steroid dienone is 1. The molecule has 60 heavy (non-hydrogen) atoms. The number of hydrogen-bond donors (Lipinski definition) is 4. The lowest BCUT2D eigenvalue weighted by Gasteiger charge is -2.67. The second-order valence-electron chi connectivity index (χ2n) is 17.0. The first-order chi connectivity index (χ1) is 28.1. The van der Waals surface area contributed by atoms with E-state index in [1.54, 1.807) is 82.3 Å². The molecule has 1 saturated heterocycles. The van der Waals surface area contributed by atoms with Crippen molar-refractivity contribution in [2.45, 2.75) is 122 Å². The quantitative estimate of drug-likeness (QED) is 0.117. The van der Waals surface area contributed by atoms with Gasteiger partial charge in [0.25, 0.3) is 0 Å². The number of carbonyl (C=O) groups is 6. The van der Waals surface area contributed by atoms with Gasteiger partial charge in [-0.3, -0.25) is 19.2 Å². The Bertz CT molecular complexity index is 2110. The standard InChI is InChI=1S/C45H53NO14/c1-9-23(2)39(52)46-33(27-16-12-10-13-17-27)34(50)41(54)58-29-21-45(55)38(59-40(53)28-18-14-11-15-19-28)36-43(8,30(49)20-31-44(36,22-56-31)60-26(5)48)37(51)35(57-25(4)47)32(24(29)3)42(45,6)7/h9-19,29-31,33-36,38,49-50,55H,20-22H2,1-8H3,(H,46,52)/b23-9+/t29-,30-,31?,33?,34?,35+,36?,38?,43+,44-,45+/m0/s1. The van der Waals surface area contributed by atoms with Crippen LogP contribution in [0.5, 0.6) is 0 Å². The third kappa shape index (κ3) is 7.24. The number of ketones is 1. The summed E-state index contributed by atoms with van der Waals surface area (Å²) in [4.78, 5) is 82.9. The molecular weight excluding hydrogens is 778 g/mol. The average molecular weight is 832 g/mol. The van der Waals surface area contributed by atoms with Crippen molar-refractivity contribution in [1.29, 1.82) is 0 Å². The molecular formula is C45H53NO14. The highest BCUT2D eigenvalue weighted by Gasteiger charge is 2.78. The number of aliphatic hydroxyl groups excluding tert-OH is 2. The van der Waals surface area contributed by atoms with E-state index in [9.17, 15) is 39.3 Å². The third-order valence-electron chi connectivity index (χ3n) is 13.2. The maximum Gasteiger partial charge on any atom is 0.338 e. The summed E-state index contributed by atoms with van der Waals surface area (Å²) in [6, 6.07) is 14.8. The van der Waals surface area contributed by atoms with Gasteiger partial charge in [-0.15, -0.1) is 0 Å². The number of ether oxygens (including phenoxy) is 5. The number of Topliss-reactive ketones (excluding diaryl/α,β-unsaturated/α-hetero) is 1. The maximum absolute atomic E-state index is 15.4. The zero-order valence-electron chi connectivity index (χ0n) is 34.9. The van der Waals surface area contributed by atoms with Gasteiger partial charge < -0.3 is 44.3 Å². The molecule has 322 valence electrons. The van der Waals surface area contributed by atoms with E-state index in [0.717, 1.165) is 13.8 Å². The highest BCUT2D eigenvalue weighted by Crippen LogP contribution is 2.64. The lowest BCUT2D eigenvalue weighted by atomic mass is 9.44. The van der Waals surface area contributed by atoms with Gasteiger partial charge in [-0.25, -0.2) is 9.59 Å². The van der Waals surface area contributed by atoms with E-state index in [4.69, 9.17) is 23.7 Å². The fourth-order valence-corrected chi connectivity index (χ4v) is 9.75. The van der Waals surface area contributed by atoms with Crippen LogP contribution in [0, 0.1) is 16.7 Å². The number of hydrogen-bond acceptors (Lipinski definition) is 14. The third-order valence-corrected chi connectivity index (χ3v) is 13.2. The first kappa shape index (κ1) is 44.3. The smallest absolute Gasteiger partial charge is 0.338 e. The van der Waals surface area contributed by atoms with Crippen molar-refractivity contribution in [2.75, 3.05) is 6.61 Å². The molecule has 6 rings (SSSR count). The van der Waals surface area contributed by atoms with Crippen molar-refractivity contribution in [3.63, 3.8) is 0 Å². The van der Waals surface area contributed by atoms with E-state index in [2.05, 4.69) is 5.32 Å². The molecule has 1 heterocycles. The molecule has 0 radical (unpaired) electrons. The first-order valence-electron chi connectivity index (χ1n) is 19.9. The molecule has 1 amide bonds. The largest absolute Gasteiger partial charge is 0.456 e. The van der Waals surface area contributed by atoms with Gasteiger partial charge in [0, 0.05) is 37.7 Å². The summed E-state index contributed by atoms with van der Waals surface area (Å²) in [7, 11) is 0. The Morgan fingerprint density at radius 3 is 2.08 bits per heavy atom. The monoisotopic (exact) mass is 831 g/mol. The molecule has 4 aliphatic rings. The predicted octanol–water partition coefficient (Wildman–Crippen LogP) is 3.39. The lowest BCUT2D eigenvalue weighted by Crippen LogP contribution is -2.82. The molecule has 3 aliphatic carbocycles. The van der Waals surface area contributed by atoms with Gasteiger partial charge in [-0.1, -0.05) is 68.5 Å². The summed E-state index contributed by atoms with van der Waals surface area (Å²) in [5, 5.41) is 40.0. The van der Waals surface area contributed by atoms with Crippen LogP contribution in [0.2, 0.25) is 0 Å². The SMILES string of the molecule is C/C=C(\C)C(=O)NC(c1ccccc1)C(O)C(=O)O[C@H]1C[C@@]2(O)C(OC(=O)c3ccccc3)C3[C@]4(OC(C)=O)COC4C[C@H](O)[C@@]3(C)C(=O)[C@H](OC(C)=O)C(=C1C)C2(C)C. The van der Waals surface area contributed by atoms with Crippen molar-refractivity contribution in [3.8, 4) is 0 Å². The van der Waals surface area contributed by atoms with Gasteiger partial charge in [-0.2, -0.15) is 0 Å². The summed E-state index contributed by atoms with van der Waals surface area (Å²) < 4.78 is 30.2. The Kier molecular flexibility index (Phi) is 12.1. The number of benzene rings is 2. The summed E-state index contributed by atoms with van der Waals surface area (Å²) in [5.74, 6) is -6.78. The van der Waals surface area contributed by atoms with E-state index in [0.29, 0.717) is 11.1 Å². The predicted molar refractivity (Wildman–Crippen MR) is 211 cm³/mol. The summed E-state index contributed by atoms with van der Waals surface area (Å²) in [6.07, 6.45) is -8.88. The van der Waals surface area contributed by atoms with E-state index < -0.39 is 113 Å². The van der Waals surface area contributed by atoms with E-state index in [-0.39, 0.29) is 29.7 Å². The molecule has 2 aromatic rings. The zero-order chi connectivity index (χ0) is 44.1. The Hall–Kier alpha value is -5.22. The van der Waals surface area contributed by atoms with Crippen molar-refractivity contribution in [3.05, 3.63) is 94.6 Å². The minimum atomic E-state index is -2.38. The van der Waals surface area contributed by atoms with Gasteiger partial charge >= 0.3 is 23.9 Å². The molecule has 1 aliphatic heterocycles. The molecule has 5 unspecified atom stereocenters. The summed E-state index contributed by atoms with van der Waals surface area (Å²) in [5.41, 5.74) is -6.91. The Morgan fingerprint density at radius 1 is 0.917 bits per heavy atom. The van der Waals surface area contributed by atoms with Crippen LogP contribution in [-0.4, -0.2) is 105 Å². The number of nitrogens with one attached hydrogen (secondary N) is 1. The van der Waals surface area contributed by atoms with Gasteiger partial charge in [0.15, 0.2) is 23.6 Å². The van der Waals surface area contributed by atoms with Crippen LogP contribution in [-0.2, 0) is 47.7 Å². The topological polar surface area (TPSA) is 221 Å². The highest BCUT2D eigenvalue weighted by molar-refractivity contribution is 5.96. The number of fused-ring (bicyclic) bond motifs is 5.